The molecule has 6 nitrogen and oxygen atoms in total. The Kier molecular flexibility index (Phi) is 2.79. The quantitative estimate of drug-likeness (QED) is 0.761. The van der Waals surface area contributed by atoms with Gasteiger partial charge in [0.1, 0.15) is 11.4 Å². The molecule has 2 amide bonds. The molecule has 6 heteroatoms. The van der Waals surface area contributed by atoms with Gasteiger partial charge in [-0.2, -0.15) is 4.99 Å². The summed E-state index contributed by atoms with van der Waals surface area (Å²) in [5.74, 6) is 0.965. The fraction of sp³-hybridized carbons (Fsp3) is 0.833. The molecule has 3 fully saturated rings. The van der Waals surface area contributed by atoms with Crippen LogP contribution in [-0.2, 0) is 4.74 Å². The molecule has 4 aliphatic rings. The van der Waals surface area contributed by atoms with E-state index in [0.717, 1.165) is 32.5 Å². The molecule has 0 aliphatic carbocycles. The number of nitrogens with two attached hydrogens (primary N) is 1. The van der Waals surface area contributed by atoms with Crippen LogP contribution in [0.15, 0.2) is 4.99 Å². The third-order valence-electron chi connectivity index (χ3n) is 4.62. The summed E-state index contributed by atoms with van der Waals surface area (Å²) in [7, 11) is 1.65. The second kappa shape index (κ2) is 4.20. The number of piperidine rings is 3. The lowest BCUT2D eigenvalue weighted by molar-refractivity contribution is -0.0117. The Balaban J connectivity index is 1.91. The molecule has 0 aromatic heterocycles. The lowest BCUT2D eigenvalue weighted by Gasteiger charge is -2.54. The molecule has 2 N–H and O–H groups in total. The molecule has 0 aromatic carbocycles. The van der Waals surface area contributed by atoms with E-state index in [1.54, 1.807) is 7.11 Å². The van der Waals surface area contributed by atoms with Crippen LogP contribution in [0.3, 0.4) is 0 Å². The van der Waals surface area contributed by atoms with Gasteiger partial charge in [0.2, 0.25) is 0 Å². The van der Waals surface area contributed by atoms with Crippen molar-refractivity contribution in [3.8, 4) is 0 Å². The number of amidine groups is 1. The first-order valence-corrected chi connectivity index (χ1v) is 6.56. The topological polar surface area (TPSA) is 71.2 Å². The number of nitrogens with zero attached hydrogens (tertiary/aromatic N) is 3. The van der Waals surface area contributed by atoms with Crippen LogP contribution >= 0.6 is 0 Å². The van der Waals surface area contributed by atoms with Crippen molar-refractivity contribution in [3.63, 3.8) is 0 Å². The Labute approximate surface area is 107 Å². The van der Waals surface area contributed by atoms with Crippen molar-refractivity contribution in [1.82, 2.24) is 9.80 Å². The van der Waals surface area contributed by atoms with Crippen molar-refractivity contribution in [1.29, 1.82) is 0 Å². The number of fused-ring (bicyclic) bond motifs is 2. The van der Waals surface area contributed by atoms with Crippen LogP contribution in [0, 0.1) is 5.92 Å². The Morgan fingerprint density at radius 2 is 2.22 bits per heavy atom. The maximum atomic E-state index is 12.0. The number of carbonyl (C=O) groups is 1. The molecule has 100 valence electrons. The summed E-state index contributed by atoms with van der Waals surface area (Å²) < 4.78 is 5.10. The number of hydrogen-bond donors (Lipinski definition) is 1. The number of aliphatic imine (C=N–C) groups is 1. The van der Waals surface area contributed by atoms with Gasteiger partial charge in [0.15, 0.2) is 0 Å². The standard InChI is InChI=1S/C12H20N4O2/c1-18-7-6-16-11(17)14-10(13)12(16)8-15-4-2-9(12)3-5-15/h9H,2-8H2,1H3,(H2,13,14,17). The van der Waals surface area contributed by atoms with Gasteiger partial charge in [-0.25, -0.2) is 4.79 Å². The highest BCUT2D eigenvalue weighted by molar-refractivity contribution is 6.06. The third-order valence-corrected chi connectivity index (χ3v) is 4.62. The zero-order valence-corrected chi connectivity index (χ0v) is 10.8. The van der Waals surface area contributed by atoms with Gasteiger partial charge >= 0.3 is 6.03 Å². The first kappa shape index (κ1) is 11.9. The Morgan fingerprint density at radius 3 is 2.78 bits per heavy atom. The highest BCUT2D eigenvalue weighted by atomic mass is 16.5. The minimum Gasteiger partial charge on any atom is -0.385 e. The molecule has 3 saturated heterocycles. The predicted molar refractivity (Wildman–Crippen MR) is 67.5 cm³/mol. The van der Waals surface area contributed by atoms with Crippen molar-refractivity contribution in [3.05, 3.63) is 0 Å². The summed E-state index contributed by atoms with van der Waals surface area (Å²) >= 11 is 0. The van der Waals surface area contributed by atoms with Crippen LogP contribution in [0.5, 0.6) is 0 Å². The van der Waals surface area contributed by atoms with Gasteiger partial charge in [0, 0.05) is 20.2 Å². The zero-order chi connectivity index (χ0) is 12.8. The maximum absolute atomic E-state index is 12.0. The van der Waals surface area contributed by atoms with Crippen molar-refractivity contribution in [2.24, 2.45) is 16.6 Å². The van der Waals surface area contributed by atoms with Gasteiger partial charge in [-0.1, -0.05) is 0 Å². The van der Waals surface area contributed by atoms with E-state index in [1.807, 2.05) is 4.90 Å². The lowest BCUT2D eigenvalue weighted by atomic mass is 9.71. The number of hydrogen-bond acceptors (Lipinski definition) is 4. The molecular weight excluding hydrogens is 232 g/mol. The normalized spacial score (nSPS) is 38.6. The molecule has 2 bridgehead atoms. The van der Waals surface area contributed by atoms with Crippen LogP contribution in [0.4, 0.5) is 4.79 Å². The average molecular weight is 252 g/mol. The second-order valence-electron chi connectivity index (χ2n) is 5.40. The number of carbonyl (C=O) groups excluding carboxylic acids is 1. The monoisotopic (exact) mass is 252 g/mol. The number of methoxy groups -OCH3 is 1. The van der Waals surface area contributed by atoms with Crippen LogP contribution in [-0.4, -0.2) is 67.1 Å². The van der Waals surface area contributed by atoms with E-state index in [0.29, 0.717) is 24.9 Å². The minimum atomic E-state index is -0.355. The van der Waals surface area contributed by atoms with E-state index in [1.165, 1.54) is 0 Å². The Morgan fingerprint density at radius 1 is 1.50 bits per heavy atom. The van der Waals surface area contributed by atoms with Crippen molar-refractivity contribution < 1.29 is 9.53 Å². The lowest BCUT2D eigenvalue weighted by Crippen LogP contribution is -2.70. The van der Waals surface area contributed by atoms with E-state index >= 15 is 0 Å². The van der Waals surface area contributed by atoms with Crippen LogP contribution in [0.2, 0.25) is 0 Å². The Bertz CT molecular complexity index is 390. The average Bonchev–Trinajstić information content (AvgIpc) is 2.61. The molecule has 4 heterocycles. The molecule has 0 saturated carbocycles. The van der Waals surface area contributed by atoms with Crippen LogP contribution in [0.25, 0.3) is 0 Å². The molecule has 0 aromatic rings. The summed E-state index contributed by atoms with van der Waals surface area (Å²) in [5.41, 5.74) is 5.75. The van der Waals surface area contributed by atoms with Crippen molar-refractivity contribution in [2.75, 3.05) is 39.9 Å². The van der Waals surface area contributed by atoms with E-state index < -0.39 is 0 Å². The second-order valence-corrected chi connectivity index (χ2v) is 5.40. The SMILES string of the molecule is COCCN1C(=O)N=C(N)C12CN1CCC2CC1. The molecule has 0 radical (unpaired) electrons. The third kappa shape index (κ3) is 1.48. The molecular formula is C12H20N4O2. The van der Waals surface area contributed by atoms with Crippen LogP contribution in [0.1, 0.15) is 12.8 Å². The molecule has 18 heavy (non-hydrogen) atoms. The number of amides is 2. The summed E-state index contributed by atoms with van der Waals surface area (Å²) in [6, 6.07) is -0.196. The minimum absolute atomic E-state index is 0.196. The summed E-state index contributed by atoms with van der Waals surface area (Å²) in [4.78, 5) is 20.3. The first-order valence-electron chi connectivity index (χ1n) is 6.56. The highest BCUT2D eigenvalue weighted by Gasteiger charge is 2.57. The first-order chi connectivity index (χ1) is 8.68. The maximum Gasteiger partial charge on any atom is 0.346 e. The summed E-state index contributed by atoms with van der Waals surface area (Å²) in [6.45, 7) is 4.17. The van der Waals surface area contributed by atoms with E-state index in [2.05, 4.69) is 9.89 Å². The van der Waals surface area contributed by atoms with Gasteiger partial charge in [0.25, 0.3) is 0 Å². The van der Waals surface area contributed by atoms with Gasteiger partial charge in [-0.15, -0.1) is 0 Å². The molecule has 1 unspecified atom stereocenters. The summed E-state index contributed by atoms with van der Waals surface area (Å²) in [6.07, 6.45) is 2.21. The molecule has 4 rings (SSSR count). The largest absolute Gasteiger partial charge is 0.385 e. The summed E-state index contributed by atoms with van der Waals surface area (Å²) in [5, 5.41) is 0. The van der Waals surface area contributed by atoms with Gasteiger partial charge in [-0.3, -0.25) is 0 Å². The smallest absolute Gasteiger partial charge is 0.346 e. The zero-order valence-electron chi connectivity index (χ0n) is 10.8. The van der Waals surface area contributed by atoms with E-state index in [-0.39, 0.29) is 11.6 Å². The molecule has 1 atom stereocenters. The fourth-order valence-electron chi connectivity index (χ4n) is 3.68. The predicted octanol–water partition coefficient (Wildman–Crippen LogP) is -0.110. The Hall–Kier alpha value is -1.14. The van der Waals surface area contributed by atoms with Gasteiger partial charge in [0.05, 0.1) is 6.61 Å². The molecule has 1 spiro atoms. The van der Waals surface area contributed by atoms with Crippen molar-refractivity contribution in [2.45, 2.75) is 18.4 Å². The van der Waals surface area contributed by atoms with Gasteiger partial charge < -0.3 is 20.3 Å². The number of rotatable bonds is 3. The van der Waals surface area contributed by atoms with Crippen LogP contribution < -0.4 is 5.73 Å². The number of ether oxygens (including phenoxy) is 1. The van der Waals surface area contributed by atoms with Crippen molar-refractivity contribution >= 4 is 11.9 Å². The highest BCUT2D eigenvalue weighted by Crippen LogP contribution is 2.42. The molecule has 4 aliphatic heterocycles. The van der Waals surface area contributed by atoms with E-state index in [9.17, 15) is 4.79 Å². The van der Waals surface area contributed by atoms with E-state index in [4.69, 9.17) is 10.5 Å². The number of urea groups is 1. The van der Waals surface area contributed by atoms with Gasteiger partial charge in [-0.05, 0) is 31.8 Å². The fourth-order valence-corrected chi connectivity index (χ4v) is 3.68.